The van der Waals surface area contributed by atoms with Crippen molar-refractivity contribution < 1.29 is 26.3 Å². The van der Waals surface area contributed by atoms with E-state index in [0.717, 1.165) is 12.1 Å². The van der Waals surface area contributed by atoms with Gasteiger partial charge in [0.2, 0.25) is 0 Å². The number of sulfone groups is 1. The fourth-order valence-electron chi connectivity index (χ4n) is 4.50. The first-order valence-electron chi connectivity index (χ1n) is 11.6. The number of aromatic nitrogens is 1. The van der Waals surface area contributed by atoms with E-state index in [2.05, 4.69) is 4.74 Å². The van der Waals surface area contributed by atoms with E-state index in [9.17, 15) is 26.4 Å². The van der Waals surface area contributed by atoms with E-state index in [4.69, 9.17) is 23.2 Å². The van der Waals surface area contributed by atoms with Crippen molar-refractivity contribution in [3.8, 4) is 5.75 Å². The van der Waals surface area contributed by atoms with Crippen molar-refractivity contribution in [1.82, 2.24) is 4.57 Å². The molecule has 0 amide bonds. The van der Waals surface area contributed by atoms with E-state index >= 15 is 0 Å². The van der Waals surface area contributed by atoms with Crippen LogP contribution in [0.15, 0.2) is 101 Å². The van der Waals surface area contributed by atoms with Gasteiger partial charge in [-0.15, -0.1) is 13.2 Å². The number of aryl methyl sites for hydroxylation is 1. The van der Waals surface area contributed by atoms with Gasteiger partial charge >= 0.3 is 6.36 Å². The maximum atomic E-state index is 13.8. The number of hydrogen-bond donors (Lipinski definition) is 0. The highest BCUT2D eigenvalue weighted by Gasteiger charge is 2.37. The number of hydrogen-bond acceptors (Lipinski definition) is 4. The molecule has 0 aliphatic rings. The minimum absolute atomic E-state index is 0.382. The Bertz CT molecular complexity index is 1620. The molecule has 1 heterocycles. The number of ether oxygens (including phenoxy) is 1. The Hall–Kier alpha value is -3.27. The number of rotatable bonds is 8. The molecule has 11 heteroatoms. The number of para-hydroxylation sites is 1. The van der Waals surface area contributed by atoms with Crippen LogP contribution < -0.4 is 10.3 Å². The monoisotopic (exact) mass is 595 g/mol. The summed E-state index contributed by atoms with van der Waals surface area (Å²) in [5.41, 5.74) is 1.25. The van der Waals surface area contributed by atoms with Crippen LogP contribution in [0.25, 0.3) is 0 Å². The summed E-state index contributed by atoms with van der Waals surface area (Å²) in [7, 11) is -4.42. The first kappa shape index (κ1) is 28.7. The molecule has 0 saturated heterocycles. The topological polar surface area (TPSA) is 65.4 Å². The van der Waals surface area contributed by atoms with Crippen LogP contribution in [-0.4, -0.2) is 25.1 Å². The predicted octanol–water partition coefficient (Wildman–Crippen LogP) is 7.21. The Morgan fingerprint density at radius 2 is 1.38 bits per heavy atom. The van der Waals surface area contributed by atoms with Crippen LogP contribution in [0, 0.1) is 6.92 Å². The zero-order chi connectivity index (χ0) is 28.4. The van der Waals surface area contributed by atoms with Gasteiger partial charge in [-0.2, -0.15) is 0 Å². The lowest BCUT2D eigenvalue weighted by Crippen LogP contribution is -2.33. The summed E-state index contributed by atoms with van der Waals surface area (Å²) >= 11 is 12.2. The number of alkyl halides is 3. The summed E-state index contributed by atoms with van der Waals surface area (Å²) in [6, 6.07) is 21.4. The van der Waals surface area contributed by atoms with Gasteiger partial charge in [0.15, 0.2) is 9.84 Å². The fraction of sp³-hybridized carbons (Fsp3) is 0.179. The van der Waals surface area contributed by atoms with E-state index < -0.39 is 44.6 Å². The van der Waals surface area contributed by atoms with Gasteiger partial charge in [0, 0.05) is 27.7 Å². The van der Waals surface area contributed by atoms with Crippen LogP contribution in [0.5, 0.6) is 5.75 Å². The lowest BCUT2D eigenvalue weighted by Gasteiger charge is -2.31. The van der Waals surface area contributed by atoms with Crippen LogP contribution >= 0.6 is 23.2 Å². The standard InChI is InChI=1S/C28H22Cl2F3NO4S/c1-18-5-4-8-26(35)34(18)27(20-11-15-22(30)16-12-20)23(19-9-13-21(29)14-10-19)17-39(36,37)25-7-3-2-6-24(25)38-28(31,32)33/h2-16,23,27H,17H2,1H3/t23-,27+/m1/s1. The van der Waals surface area contributed by atoms with Gasteiger partial charge < -0.3 is 9.30 Å². The van der Waals surface area contributed by atoms with Crippen molar-refractivity contribution in [2.24, 2.45) is 0 Å². The maximum Gasteiger partial charge on any atom is 0.573 e. The Kier molecular flexibility index (Phi) is 8.44. The summed E-state index contributed by atoms with van der Waals surface area (Å²) in [6.45, 7) is 1.71. The largest absolute Gasteiger partial charge is 0.573 e. The lowest BCUT2D eigenvalue weighted by atomic mass is 9.87. The zero-order valence-corrected chi connectivity index (χ0v) is 22.7. The molecule has 39 heavy (non-hydrogen) atoms. The van der Waals surface area contributed by atoms with Gasteiger partial charge in [0.05, 0.1) is 11.8 Å². The van der Waals surface area contributed by atoms with Gasteiger partial charge in [-0.05, 0) is 60.5 Å². The minimum atomic E-state index is -5.10. The molecule has 0 unspecified atom stereocenters. The van der Waals surface area contributed by atoms with Crippen molar-refractivity contribution >= 4 is 33.0 Å². The van der Waals surface area contributed by atoms with Gasteiger partial charge in [-0.3, -0.25) is 4.79 Å². The molecule has 0 fully saturated rings. The molecule has 4 aromatic rings. The predicted molar refractivity (Wildman–Crippen MR) is 144 cm³/mol. The minimum Gasteiger partial charge on any atom is -0.404 e. The maximum absolute atomic E-state index is 13.8. The fourth-order valence-corrected chi connectivity index (χ4v) is 6.48. The van der Waals surface area contributed by atoms with Gasteiger partial charge in [-0.25, -0.2) is 8.42 Å². The quantitative estimate of drug-likeness (QED) is 0.216. The Morgan fingerprint density at radius 3 is 1.95 bits per heavy atom. The number of benzene rings is 3. The normalized spacial score (nSPS) is 13.6. The summed E-state index contributed by atoms with van der Waals surface area (Å²) in [5.74, 6) is -2.43. The summed E-state index contributed by atoms with van der Waals surface area (Å²) in [4.78, 5) is 12.6. The third-order valence-electron chi connectivity index (χ3n) is 6.17. The van der Waals surface area contributed by atoms with Crippen LogP contribution in [0.3, 0.4) is 0 Å². The van der Waals surface area contributed by atoms with E-state index in [1.165, 1.54) is 22.8 Å². The van der Waals surface area contributed by atoms with Gasteiger partial charge in [0.25, 0.3) is 5.56 Å². The van der Waals surface area contributed by atoms with Gasteiger partial charge in [0.1, 0.15) is 10.6 Å². The second kappa shape index (κ2) is 11.5. The Morgan fingerprint density at radius 1 is 0.821 bits per heavy atom. The molecule has 0 aliphatic heterocycles. The van der Waals surface area contributed by atoms with Crippen molar-refractivity contribution in [1.29, 1.82) is 0 Å². The van der Waals surface area contributed by atoms with Crippen LogP contribution in [-0.2, 0) is 9.84 Å². The summed E-state index contributed by atoms with van der Waals surface area (Å²) < 4.78 is 72.4. The van der Waals surface area contributed by atoms with Crippen molar-refractivity contribution in [3.63, 3.8) is 0 Å². The molecular weight excluding hydrogens is 574 g/mol. The molecule has 204 valence electrons. The van der Waals surface area contributed by atoms with Crippen molar-refractivity contribution in [2.45, 2.75) is 30.1 Å². The second-order valence-corrected chi connectivity index (χ2v) is 11.7. The average molecular weight is 596 g/mol. The zero-order valence-electron chi connectivity index (χ0n) is 20.4. The van der Waals surface area contributed by atoms with Gasteiger partial charge in [-0.1, -0.05) is 65.7 Å². The molecule has 0 radical (unpaired) electrons. The highest BCUT2D eigenvalue weighted by Crippen LogP contribution is 2.39. The summed E-state index contributed by atoms with van der Waals surface area (Å²) in [5, 5.41) is 0.837. The Balaban J connectivity index is 1.94. The first-order valence-corrected chi connectivity index (χ1v) is 14.0. The van der Waals surface area contributed by atoms with Crippen LogP contribution in [0.1, 0.15) is 28.8 Å². The van der Waals surface area contributed by atoms with E-state index in [1.54, 1.807) is 67.6 Å². The molecule has 3 aromatic carbocycles. The highest BCUT2D eigenvalue weighted by molar-refractivity contribution is 7.91. The van der Waals surface area contributed by atoms with Crippen molar-refractivity contribution in [2.75, 3.05) is 5.75 Å². The smallest absolute Gasteiger partial charge is 0.404 e. The Labute approximate surface area is 233 Å². The molecule has 1 aromatic heterocycles. The molecule has 2 atom stereocenters. The molecular formula is C28H22Cl2F3NO4S. The molecule has 0 spiro atoms. The lowest BCUT2D eigenvalue weighted by molar-refractivity contribution is -0.275. The summed E-state index contributed by atoms with van der Waals surface area (Å²) in [6.07, 6.45) is -5.10. The highest BCUT2D eigenvalue weighted by atomic mass is 35.5. The molecule has 0 N–H and O–H groups in total. The van der Waals surface area contributed by atoms with E-state index in [-0.39, 0.29) is 5.56 Å². The molecule has 0 aliphatic carbocycles. The van der Waals surface area contributed by atoms with Crippen molar-refractivity contribution in [3.05, 3.63) is 128 Å². The first-order chi connectivity index (χ1) is 18.4. The van der Waals surface area contributed by atoms with Crippen LogP contribution in [0.4, 0.5) is 13.2 Å². The number of pyridine rings is 1. The SMILES string of the molecule is Cc1cccc(=O)n1[C@@H](c1ccc(Cl)cc1)[C@H](CS(=O)(=O)c1ccccc1OC(F)(F)F)c1ccc(Cl)cc1. The molecule has 5 nitrogen and oxygen atoms in total. The molecule has 0 bridgehead atoms. The second-order valence-electron chi connectivity index (χ2n) is 8.81. The third-order valence-corrected chi connectivity index (χ3v) is 8.48. The van der Waals surface area contributed by atoms with E-state index in [1.807, 2.05) is 0 Å². The van der Waals surface area contributed by atoms with Crippen LogP contribution in [0.2, 0.25) is 10.0 Å². The molecule has 0 saturated carbocycles. The number of halogens is 5. The average Bonchev–Trinajstić information content (AvgIpc) is 2.86. The third kappa shape index (κ3) is 6.84. The molecule has 4 rings (SSSR count). The number of nitrogens with zero attached hydrogens (tertiary/aromatic N) is 1. The van der Waals surface area contributed by atoms with E-state index in [0.29, 0.717) is 26.9 Å².